The molecule has 6 aromatic rings. The van der Waals surface area contributed by atoms with Crippen molar-refractivity contribution in [3.05, 3.63) is 177 Å². The van der Waals surface area contributed by atoms with Crippen molar-refractivity contribution < 1.29 is 39.2 Å². The summed E-state index contributed by atoms with van der Waals surface area (Å²) in [6, 6.07) is 38.7. The molecule has 3 heterocycles. The van der Waals surface area contributed by atoms with Gasteiger partial charge in [0.15, 0.2) is 6.61 Å². The van der Waals surface area contributed by atoms with Gasteiger partial charge >= 0.3 is 5.97 Å². The van der Waals surface area contributed by atoms with E-state index in [4.69, 9.17) is 9.47 Å². The maximum Gasteiger partial charge on any atom is 0.347 e. The monoisotopic (exact) mass is 907 g/mol. The lowest BCUT2D eigenvalue weighted by molar-refractivity contribution is -0.164. The first-order valence-corrected chi connectivity index (χ1v) is 22.9. The van der Waals surface area contributed by atoms with E-state index in [2.05, 4.69) is 32.7 Å². The average molecular weight is 908 g/mol. The topological polar surface area (TPSA) is 194 Å². The number of aliphatic hydroxyl groups excluding tert-OH is 1. The molecule has 3 atom stereocenters. The van der Waals surface area contributed by atoms with E-state index >= 15 is 0 Å². The minimum atomic E-state index is -2.11. The van der Waals surface area contributed by atoms with Crippen LogP contribution in [0.15, 0.2) is 138 Å². The Hall–Kier alpha value is -6.84. The number of aromatic amines is 1. The highest BCUT2D eigenvalue weighted by molar-refractivity contribution is 5.94. The van der Waals surface area contributed by atoms with Gasteiger partial charge in [-0.25, -0.2) is 4.79 Å². The molecule has 1 aromatic heterocycles. The number of nitrogens with one attached hydrogen (secondary N) is 3. The zero-order valence-corrected chi connectivity index (χ0v) is 37.3. The first kappa shape index (κ1) is 46.7. The Labute approximate surface area is 389 Å². The van der Waals surface area contributed by atoms with Gasteiger partial charge in [-0.15, -0.1) is 0 Å². The van der Waals surface area contributed by atoms with Crippen LogP contribution in [0.3, 0.4) is 0 Å². The summed E-state index contributed by atoms with van der Waals surface area (Å²) in [7, 11) is 0. The number of aliphatic hydroxyl groups is 2. The largest absolute Gasteiger partial charge is 0.506 e. The fourth-order valence-electron chi connectivity index (χ4n) is 8.95. The Kier molecular flexibility index (Phi) is 15.1. The molecule has 0 radical (unpaired) electrons. The predicted molar refractivity (Wildman–Crippen MR) is 253 cm³/mol. The minimum absolute atomic E-state index is 0.0641. The molecule has 2 amide bonds. The van der Waals surface area contributed by atoms with Crippen molar-refractivity contribution in [2.24, 2.45) is 5.92 Å². The molecule has 0 bridgehead atoms. The molecule has 0 aliphatic carbocycles. The summed E-state index contributed by atoms with van der Waals surface area (Å²) >= 11 is 0. The summed E-state index contributed by atoms with van der Waals surface area (Å²) in [5.41, 5.74) is 1.84. The van der Waals surface area contributed by atoms with Gasteiger partial charge in [0.25, 0.3) is 11.8 Å². The molecule has 2 aliphatic rings. The number of fused-ring (bicyclic) bond motifs is 1. The van der Waals surface area contributed by atoms with Gasteiger partial charge < -0.3 is 45.3 Å². The third kappa shape index (κ3) is 11.6. The molecule has 2 saturated heterocycles. The highest BCUT2D eigenvalue weighted by atomic mass is 16.5. The number of pyridine rings is 1. The smallest absolute Gasteiger partial charge is 0.347 e. The second kappa shape index (κ2) is 21.6. The highest BCUT2D eigenvalue weighted by Crippen LogP contribution is 2.34. The van der Waals surface area contributed by atoms with Crippen LogP contribution >= 0.6 is 0 Å². The quantitative estimate of drug-likeness (QED) is 0.0491. The van der Waals surface area contributed by atoms with E-state index in [1.165, 1.54) is 17.7 Å². The Morgan fingerprint density at radius 1 is 0.806 bits per heavy atom. The van der Waals surface area contributed by atoms with Crippen molar-refractivity contribution in [1.82, 2.24) is 25.4 Å². The van der Waals surface area contributed by atoms with Gasteiger partial charge in [0.2, 0.25) is 11.2 Å². The maximum absolute atomic E-state index is 13.9. The van der Waals surface area contributed by atoms with Crippen LogP contribution in [-0.4, -0.2) is 106 Å². The number of hydrogen-bond acceptors (Lipinski definition) is 11. The molecule has 2 fully saturated rings. The number of benzene rings is 5. The molecule has 0 spiro atoms. The third-order valence-corrected chi connectivity index (χ3v) is 12.8. The second-order valence-corrected chi connectivity index (χ2v) is 17.5. The van der Waals surface area contributed by atoms with Crippen molar-refractivity contribution in [2.45, 2.75) is 50.0 Å². The van der Waals surface area contributed by atoms with Crippen LogP contribution in [-0.2, 0) is 32.9 Å². The van der Waals surface area contributed by atoms with Crippen molar-refractivity contribution >= 4 is 28.7 Å². The SMILES string of the molecule is O=C(COc1cccc([C@](O)(C(=O)OCC2CCN(Cc3ccccc3)CC2)c2ccccc2)c1)N[C@@H]1CCN(C(=O)c2ccc(CCNC[C@H](O)c3ccc(O)c4[nH]c(=O)ccc34)cc2)C1. The standard InChI is InChI=1S/C53H57N5O9/c59-46-20-18-44(45-19-21-48(61)56-50(45)46)47(60)31-54-26-22-36-14-16-39(17-15-36)51(63)58-29-25-42(33-58)55-49(62)35-66-43-13-7-12-41(30-43)53(65,40-10-5-2-6-11-40)52(64)67-34-38-23-27-57(28-24-38)32-37-8-3-1-4-9-37/h1-21,30,38,42,47,54,59-60,65H,22-29,31-35H2,(H,55,62)(H,56,61)/t42-,47+,53+/m1/s1. The number of carbonyl (C=O) groups is 3. The van der Waals surface area contributed by atoms with Crippen LogP contribution in [0.25, 0.3) is 10.9 Å². The van der Waals surface area contributed by atoms with Crippen LogP contribution in [0.1, 0.15) is 63.5 Å². The summed E-state index contributed by atoms with van der Waals surface area (Å²) in [5.74, 6) is -0.868. The number of hydrogen-bond donors (Lipinski definition) is 6. The molecule has 348 valence electrons. The predicted octanol–water partition coefficient (Wildman–Crippen LogP) is 5.20. The number of amides is 2. The van der Waals surface area contributed by atoms with E-state index in [9.17, 15) is 34.5 Å². The molecule has 0 unspecified atom stereocenters. The minimum Gasteiger partial charge on any atom is -0.506 e. The third-order valence-electron chi connectivity index (χ3n) is 12.8. The van der Waals surface area contributed by atoms with Gasteiger partial charge in [0.05, 0.1) is 18.2 Å². The number of aromatic nitrogens is 1. The Balaban J connectivity index is 0.780. The van der Waals surface area contributed by atoms with Gasteiger partial charge in [0, 0.05) is 54.8 Å². The second-order valence-electron chi connectivity index (χ2n) is 17.5. The van der Waals surface area contributed by atoms with Crippen molar-refractivity contribution in [2.75, 3.05) is 52.5 Å². The fraction of sp³-hybridized carbons (Fsp3) is 0.321. The number of phenolic OH excluding ortho intramolecular Hbond substituents is 1. The Morgan fingerprint density at radius 3 is 2.30 bits per heavy atom. The van der Waals surface area contributed by atoms with Gasteiger partial charge in [-0.05, 0) is 110 Å². The van der Waals surface area contributed by atoms with E-state index in [0.717, 1.165) is 38.0 Å². The van der Waals surface area contributed by atoms with Crippen molar-refractivity contribution in [3.8, 4) is 11.5 Å². The summed E-state index contributed by atoms with van der Waals surface area (Å²) in [6.07, 6.45) is 2.13. The van der Waals surface area contributed by atoms with Gasteiger partial charge in [-0.3, -0.25) is 19.3 Å². The van der Waals surface area contributed by atoms with E-state index in [1.54, 1.807) is 77.7 Å². The lowest BCUT2D eigenvalue weighted by Gasteiger charge is -2.33. The van der Waals surface area contributed by atoms with E-state index in [1.807, 2.05) is 36.4 Å². The fourth-order valence-corrected chi connectivity index (χ4v) is 8.95. The van der Waals surface area contributed by atoms with Gasteiger partial charge in [0.1, 0.15) is 11.5 Å². The van der Waals surface area contributed by atoms with E-state index in [-0.39, 0.29) is 65.9 Å². The number of aromatic hydroxyl groups is 1. The summed E-state index contributed by atoms with van der Waals surface area (Å²) in [4.78, 5) is 58.9. The van der Waals surface area contributed by atoms with Crippen molar-refractivity contribution in [3.63, 3.8) is 0 Å². The van der Waals surface area contributed by atoms with E-state index in [0.29, 0.717) is 60.3 Å². The zero-order valence-electron chi connectivity index (χ0n) is 37.3. The Bertz CT molecular complexity index is 2690. The molecule has 5 aromatic carbocycles. The normalized spacial score (nSPS) is 16.9. The molecule has 8 rings (SSSR count). The lowest BCUT2D eigenvalue weighted by Crippen LogP contribution is -2.41. The highest BCUT2D eigenvalue weighted by Gasteiger charge is 2.42. The number of H-pyrrole nitrogens is 1. The molecule has 14 nitrogen and oxygen atoms in total. The number of likely N-dealkylation sites (tertiary alicyclic amines) is 2. The van der Waals surface area contributed by atoms with Crippen LogP contribution < -0.4 is 20.9 Å². The first-order chi connectivity index (χ1) is 32.5. The van der Waals surface area contributed by atoms with Crippen LogP contribution in [0.4, 0.5) is 0 Å². The van der Waals surface area contributed by atoms with Gasteiger partial charge in [-0.1, -0.05) is 91.0 Å². The lowest BCUT2D eigenvalue weighted by atomic mass is 9.86. The van der Waals surface area contributed by atoms with Crippen LogP contribution in [0.2, 0.25) is 0 Å². The summed E-state index contributed by atoms with van der Waals surface area (Å²) < 4.78 is 11.8. The Morgan fingerprint density at radius 2 is 1.54 bits per heavy atom. The molecule has 14 heteroatoms. The average Bonchev–Trinajstić information content (AvgIpc) is 3.83. The summed E-state index contributed by atoms with van der Waals surface area (Å²) in [5, 5.41) is 40.0. The maximum atomic E-state index is 13.9. The number of ether oxygens (including phenoxy) is 2. The number of nitrogens with zero attached hydrogens (tertiary/aromatic N) is 2. The first-order valence-electron chi connectivity index (χ1n) is 22.9. The number of phenols is 1. The van der Waals surface area contributed by atoms with Crippen molar-refractivity contribution in [1.29, 1.82) is 0 Å². The molecule has 2 aliphatic heterocycles. The number of rotatable bonds is 18. The number of esters is 1. The molecular weight excluding hydrogens is 851 g/mol. The summed E-state index contributed by atoms with van der Waals surface area (Å²) in [6.45, 7) is 4.21. The van der Waals surface area contributed by atoms with Crippen LogP contribution in [0.5, 0.6) is 11.5 Å². The number of piperidine rings is 1. The number of carbonyl (C=O) groups excluding carboxylic acids is 3. The molecule has 6 N–H and O–H groups in total. The molecule has 0 saturated carbocycles. The van der Waals surface area contributed by atoms with Crippen LogP contribution in [0, 0.1) is 5.92 Å². The molecule has 67 heavy (non-hydrogen) atoms. The van der Waals surface area contributed by atoms with E-state index < -0.39 is 17.7 Å². The zero-order chi connectivity index (χ0) is 46.8. The van der Waals surface area contributed by atoms with Gasteiger partial charge in [-0.2, -0.15) is 0 Å². The molecular formula is C53H57N5O9.